The molecule has 2 aromatic carbocycles. The van der Waals surface area contributed by atoms with Crippen LogP contribution in [0.2, 0.25) is 5.02 Å². The van der Waals surface area contributed by atoms with Crippen molar-refractivity contribution in [2.75, 3.05) is 18.9 Å². The van der Waals surface area contributed by atoms with Crippen LogP contribution in [0, 0.1) is 18.2 Å². The lowest BCUT2D eigenvalue weighted by Crippen LogP contribution is -2.40. The molecule has 0 saturated carbocycles. The number of anilines is 1. The van der Waals surface area contributed by atoms with Gasteiger partial charge in [-0.3, -0.25) is 10.1 Å². The Kier molecular flexibility index (Phi) is 7.82. The Morgan fingerprint density at radius 3 is 2.66 bits per heavy atom. The SMILES string of the molecule is CN/C(C)=C(/CNC(=O)C1=C(C)NC(Nc2nc3ccc(F)cc3o2)=NC1c1ccc(C)cc1Cl)C(C)=N. The molecular weight excluding hydrogens is 509 g/mol. The second kappa shape index (κ2) is 11.1. The van der Waals surface area contributed by atoms with Crippen molar-refractivity contribution in [3.8, 4) is 0 Å². The van der Waals surface area contributed by atoms with Gasteiger partial charge in [-0.25, -0.2) is 9.38 Å². The molecule has 5 N–H and O–H groups in total. The summed E-state index contributed by atoms with van der Waals surface area (Å²) < 4.78 is 19.2. The Labute approximate surface area is 224 Å². The normalized spacial score (nSPS) is 16.0. The number of hydrogen-bond acceptors (Lipinski definition) is 8. The van der Waals surface area contributed by atoms with Crippen LogP contribution in [0.25, 0.3) is 11.1 Å². The first kappa shape index (κ1) is 26.9. The summed E-state index contributed by atoms with van der Waals surface area (Å²) >= 11 is 6.61. The molecule has 1 amide bonds. The molecule has 1 unspecified atom stereocenters. The Balaban J connectivity index is 1.67. The van der Waals surface area contributed by atoms with E-state index < -0.39 is 11.9 Å². The Hall–Kier alpha value is -4.18. The lowest BCUT2D eigenvalue weighted by atomic mass is 9.94. The van der Waals surface area contributed by atoms with Crippen molar-refractivity contribution in [3.05, 3.63) is 80.9 Å². The van der Waals surface area contributed by atoms with Crippen LogP contribution >= 0.6 is 11.6 Å². The molecule has 4 rings (SSSR count). The lowest BCUT2D eigenvalue weighted by Gasteiger charge is -2.27. The van der Waals surface area contributed by atoms with E-state index in [2.05, 4.69) is 26.3 Å². The summed E-state index contributed by atoms with van der Waals surface area (Å²) in [4.78, 5) is 22.6. The van der Waals surface area contributed by atoms with Gasteiger partial charge in [0.1, 0.15) is 17.4 Å². The zero-order chi connectivity index (χ0) is 27.6. The Morgan fingerprint density at radius 2 is 1.97 bits per heavy atom. The summed E-state index contributed by atoms with van der Waals surface area (Å²) in [5.74, 6) is -0.493. The molecule has 1 atom stereocenters. The number of allylic oxidation sites excluding steroid dienone is 2. The number of nitrogens with zero attached hydrogens (tertiary/aromatic N) is 2. The number of fused-ring (bicyclic) bond motifs is 1. The van der Waals surface area contributed by atoms with Crippen LogP contribution < -0.4 is 21.3 Å². The van der Waals surface area contributed by atoms with E-state index in [0.717, 1.165) is 11.3 Å². The number of aliphatic imine (C=N–C) groups is 1. The van der Waals surface area contributed by atoms with Gasteiger partial charge >= 0.3 is 6.01 Å². The van der Waals surface area contributed by atoms with E-state index in [0.29, 0.717) is 38.7 Å². The van der Waals surface area contributed by atoms with Crippen molar-refractivity contribution in [1.82, 2.24) is 20.9 Å². The van der Waals surface area contributed by atoms with Crippen LogP contribution in [0.3, 0.4) is 0 Å². The van der Waals surface area contributed by atoms with Crippen molar-refractivity contribution in [2.45, 2.75) is 33.7 Å². The fourth-order valence-electron chi connectivity index (χ4n) is 4.13. The largest absolute Gasteiger partial charge is 0.423 e. The smallest absolute Gasteiger partial charge is 0.302 e. The van der Waals surface area contributed by atoms with Gasteiger partial charge in [0.25, 0.3) is 5.91 Å². The fraction of sp³-hybridized carbons (Fsp3) is 0.259. The highest BCUT2D eigenvalue weighted by Gasteiger charge is 2.31. The van der Waals surface area contributed by atoms with Crippen molar-refractivity contribution in [3.63, 3.8) is 0 Å². The number of amides is 1. The maximum Gasteiger partial charge on any atom is 0.302 e. The van der Waals surface area contributed by atoms with E-state index in [1.54, 1.807) is 20.9 Å². The summed E-state index contributed by atoms with van der Waals surface area (Å²) in [6, 6.07) is 9.01. The van der Waals surface area contributed by atoms with Crippen LogP contribution in [0.15, 0.2) is 68.3 Å². The number of oxazole rings is 1. The molecule has 0 radical (unpaired) electrons. The Bertz CT molecular complexity index is 1520. The molecule has 9 nitrogen and oxygen atoms in total. The number of nitrogens with one attached hydrogen (secondary N) is 5. The first-order valence-corrected chi connectivity index (χ1v) is 12.3. The second-order valence-electron chi connectivity index (χ2n) is 8.99. The van der Waals surface area contributed by atoms with E-state index in [1.807, 2.05) is 32.0 Å². The topological polar surface area (TPSA) is 127 Å². The number of carbonyl (C=O) groups excluding carboxylic acids is 1. The molecule has 0 aliphatic carbocycles. The molecule has 11 heteroatoms. The van der Waals surface area contributed by atoms with Crippen molar-refractivity contribution < 1.29 is 13.6 Å². The summed E-state index contributed by atoms with van der Waals surface area (Å²) in [6.07, 6.45) is 0. The van der Waals surface area contributed by atoms with E-state index in [-0.39, 0.29) is 30.0 Å². The molecule has 0 fully saturated rings. The van der Waals surface area contributed by atoms with Crippen LogP contribution in [-0.4, -0.2) is 36.2 Å². The maximum absolute atomic E-state index is 13.6. The molecule has 0 spiro atoms. The molecule has 0 bridgehead atoms. The van der Waals surface area contributed by atoms with Crippen LogP contribution in [-0.2, 0) is 4.79 Å². The average molecular weight is 538 g/mol. The summed E-state index contributed by atoms with van der Waals surface area (Å²) in [6.45, 7) is 7.38. The van der Waals surface area contributed by atoms with Crippen molar-refractivity contribution in [1.29, 1.82) is 5.41 Å². The molecule has 0 saturated heterocycles. The maximum atomic E-state index is 13.6. The molecule has 2 heterocycles. The van der Waals surface area contributed by atoms with Gasteiger partial charge in [0.05, 0.1) is 5.57 Å². The number of aromatic nitrogens is 1. The molecule has 1 aromatic heterocycles. The van der Waals surface area contributed by atoms with E-state index in [4.69, 9.17) is 26.4 Å². The quantitative estimate of drug-likeness (QED) is 0.271. The number of guanidine groups is 1. The lowest BCUT2D eigenvalue weighted by molar-refractivity contribution is -0.117. The molecule has 1 aliphatic heterocycles. The number of benzene rings is 2. The van der Waals surface area contributed by atoms with E-state index in [9.17, 15) is 9.18 Å². The van der Waals surface area contributed by atoms with Gasteiger partial charge in [-0.05, 0) is 51.5 Å². The zero-order valence-corrected chi connectivity index (χ0v) is 22.5. The van der Waals surface area contributed by atoms with Crippen LogP contribution in [0.1, 0.15) is 37.9 Å². The van der Waals surface area contributed by atoms with E-state index >= 15 is 0 Å². The van der Waals surface area contributed by atoms with Gasteiger partial charge in [0.15, 0.2) is 5.58 Å². The minimum absolute atomic E-state index is 0.116. The van der Waals surface area contributed by atoms with Crippen LogP contribution in [0.5, 0.6) is 0 Å². The third-order valence-electron chi connectivity index (χ3n) is 6.22. The predicted molar refractivity (Wildman–Crippen MR) is 148 cm³/mol. The fourth-order valence-corrected chi connectivity index (χ4v) is 4.47. The van der Waals surface area contributed by atoms with Crippen molar-refractivity contribution >= 4 is 46.3 Å². The van der Waals surface area contributed by atoms with Gasteiger partial charge in [0.2, 0.25) is 5.96 Å². The van der Waals surface area contributed by atoms with Gasteiger partial charge < -0.3 is 25.8 Å². The third-order valence-corrected chi connectivity index (χ3v) is 6.55. The third kappa shape index (κ3) is 5.70. The zero-order valence-electron chi connectivity index (χ0n) is 21.7. The minimum atomic E-state index is -0.743. The average Bonchev–Trinajstić information content (AvgIpc) is 3.24. The molecular formula is C27H29ClFN7O2. The standard InChI is InChI=1S/C27H29ClFN7O2/c1-13-6-8-18(20(28)10-13)24-23(25(37)32-12-19(14(2)30)15(3)31-5)16(4)33-26(35-24)36-27-34-21-9-7-17(29)11-22(21)38-27/h6-11,24,30-31H,12H2,1-5H3,(H,32,37)(H2,33,34,35,36)/b19-15-,30-14?. The number of halogens is 2. The first-order chi connectivity index (χ1) is 18.1. The predicted octanol–water partition coefficient (Wildman–Crippen LogP) is 4.96. The number of rotatable bonds is 7. The molecule has 38 heavy (non-hydrogen) atoms. The van der Waals surface area contributed by atoms with Gasteiger partial charge in [-0.2, -0.15) is 4.98 Å². The molecule has 3 aromatic rings. The first-order valence-electron chi connectivity index (χ1n) is 11.9. The Morgan fingerprint density at radius 1 is 1.21 bits per heavy atom. The summed E-state index contributed by atoms with van der Waals surface area (Å²) in [5.41, 5.74) is 5.15. The van der Waals surface area contributed by atoms with Crippen molar-refractivity contribution in [2.24, 2.45) is 4.99 Å². The molecule has 198 valence electrons. The highest BCUT2D eigenvalue weighted by molar-refractivity contribution is 6.31. The highest BCUT2D eigenvalue weighted by Crippen LogP contribution is 2.35. The second-order valence-corrected chi connectivity index (χ2v) is 9.39. The van der Waals surface area contributed by atoms with Gasteiger partial charge in [0, 0.05) is 52.9 Å². The number of aryl methyl sites for hydroxylation is 1. The van der Waals surface area contributed by atoms with E-state index in [1.165, 1.54) is 18.2 Å². The molecule has 1 aliphatic rings. The minimum Gasteiger partial charge on any atom is -0.423 e. The summed E-state index contributed by atoms with van der Waals surface area (Å²) in [7, 11) is 1.77. The number of hydrogen-bond donors (Lipinski definition) is 5. The summed E-state index contributed by atoms with van der Waals surface area (Å²) in [5, 5.41) is 20.6. The van der Waals surface area contributed by atoms with Gasteiger partial charge in [-0.15, -0.1) is 0 Å². The van der Waals surface area contributed by atoms with Gasteiger partial charge in [-0.1, -0.05) is 23.7 Å². The van der Waals surface area contributed by atoms with Crippen LogP contribution in [0.4, 0.5) is 10.4 Å². The number of carbonyl (C=O) groups is 1. The highest BCUT2D eigenvalue weighted by atomic mass is 35.5. The monoisotopic (exact) mass is 537 g/mol.